The minimum Gasteiger partial charge on any atom is -0.468 e. The van der Waals surface area contributed by atoms with Gasteiger partial charge in [0.05, 0.1) is 24.8 Å². The predicted molar refractivity (Wildman–Crippen MR) is 95.8 cm³/mol. The molecule has 0 saturated heterocycles. The topological polar surface area (TPSA) is 74.6 Å². The Labute approximate surface area is 148 Å². The molecule has 0 radical (unpaired) electrons. The number of hydrogen-bond acceptors (Lipinski definition) is 4. The lowest BCUT2D eigenvalue weighted by molar-refractivity contribution is -0.123. The van der Waals surface area contributed by atoms with Crippen LogP contribution >= 0.6 is 0 Å². The average Bonchev–Trinajstić information content (AvgIpc) is 3.08. The Kier molecular flexibility index (Phi) is 6.77. The largest absolute Gasteiger partial charge is 0.468 e. The molecule has 0 fully saturated rings. The second-order valence-corrected chi connectivity index (χ2v) is 6.17. The number of hydrogen-bond donors (Lipinski definition) is 2. The number of carbonyl (C=O) groups is 2. The first-order valence-electron chi connectivity index (χ1n) is 8.26. The number of carbonyl (C=O) groups excluding carboxylic acids is 2. The summed E-state index contributed by atoms with van der Waals surface area (Å²) >= 11 is 0. The molecule has 0 unspecified atom stereocenters. The van der Waals surface area contributed by atoms with E-state index in [0.717, 1.165) is 11.3 Å². The number of nitrogens with one attached hydrogen (secondary N) is 2. The van der Waals surface area contributed by atoms with Crippen LogP contribution in [0, 0.1) is 0 Å². The van der Waals surface area contributed by atoms with Crippen molar-refractivity contribution >= 4 is 11.8 Å². The molecular weight excluding hydrogens is 318 g/mol. The Bertz CT molecular complexity index is 668. The number of benzene rings is 1. The van der Waals surface area contributed by atoms with E-state index in [1.807, 2.05) is 61.5 Å². The lowest BCUT2D eigenvalue weighted by atomic mass is 10.0. The molecule has 0 aliphatic heterocycles. The van der Waals surface area contributed by atoms with Crippen LogP contribution in [0.4, 0.5) is 0 Å². The van der Waals surface area contributed by atoms with Crippen LogP contribution in [-0.2, 0) is 9.59 Å². The van der Waals surface area contributed by atoms with Crippen molar-refractivity contribution < 1.29 is 14.0 Å². The third-order valence-electron chi connectivity index (χ3n) is 3.96. The maximum Gasteiger partial charge on any atom is 0.222 e. The van der Waals surface area contributed by atoms with E-state index in [1.54, 1.807) is 6.26 Å². The van der Waals surface area contributed by atoms with Crippen molar-refractivity contribution in [2.75, 3.05) is 20.6 Å². The number of nitrogens with zero attached hydrogens (tertiary/aromatic N) is 1. The molecule has 6 heteroatoms. The highest BCUT2D eigenvalue weighted by Crippen LogP contribution is 2.19. The van der Waals surface area contributed by atoms with E-state index in [2.05, 4.69) is 10.6 Å². The fraction of sp³-hybridized carbons (Fsp3) is 0.368. The molecule has 6 nitrogen and oxygen atoms in total. The standard InChI is InChI=1S/C19H25N3O3/c1-14(23)21-16(15-8-5-4-6-9-15)12-19(24)20-13-17(22(2)3)18-10-7-11-25-18/h4-11,16-17H,12-13H2,1-3H3,(H,20,24)(H,21,23)/t16-,17-/m0/s1. The normalized spacial score (nSPS) is 13.3. The zero-order chi connectivity index (χ0) is 18.2. The molecule has 2 aromatic rings. The predicted octanol–water partition coefficient (Wildman–Crippen LogP) is 2.27. The van der Waals surface area contributed by atoms with Gasteiger partial charge in [0.25, 0.3) is 0 Å². The summed E-state index contributed by atoms with van der Waals surface area (Å²) in [6, 6.07) is 12.8. The second-order valence-electron chi connectivity index (χ2n) is 6.17. The Morgan fingerprint density at radius 2 is 1.84 bits per heavy atom. The van der Waals surface area contributed by atoms with Gasteiger partial charge in [-0.2, -0.15) is 0 Å². The lowest BCUT2D eigenvalue weighted by Gasteiger charge is -2.23. The molecule has 0 bridgehead atoms. The van der Waals surface area contributed by atoms with E-state index < -0.39 is 0 Å². The quantitative estimate of drug-likeness (QED) is 0.771. The number of likely N-dealkylation sites (N-methyl/N-ethyl adjacent to an activating group) is 1. The molecule has 1 aromatic heterocycles. The van der Waals surface area contributed by atoms with Gasteiger partial charge in [-0.1, -0.05) is 30.3 Å². The molecule has 2 atom stereocenters. The molecule has 2 amide bonds. The van der Waals surface area contributed by atoms with Crippen LogP contribution in [0.25, 0.3) is 0 Å². The van der Waals surface area contributed by atoms with Gasteiger partial charge in [-0.3, -0.25) is 14.5 Å². The molecular formula is C19H25N3O3. The van der Waals surface area contributed by atoms with Gasteiger partial charge >= 0.3 is 0 Å². The van der Waals surface area contributed by atoms with Crippen molar-refractivity contribution in [3.05, 3.63) is 60.1 Å². The smallest absolute Gasteiger partial charge is 0.222 e. The molecule has 2 rings (SSSR count). The van der Waals surface area contributed by atoms with E-state index in [1.165, 1.54) is 6.92 Å². The van der Waals surface area contributed by atoms with E-state index >= 15 is 0 Å². The third kappa shape index (κ3) is 5.76. The molecule has 1 aromatic carbocycles. The summed E-state index contributed by atoms with van der Waals surface area (Å²) in [5.74, 6) is 0.510. The fourth-order valence-corrected chi connectivity index (χ4v) is 2.67. The van der Waals surface area contributed by atoms with Crippen molar-refractivity contribution in [2.24, 2.45) is 0 Å². The first kappa shape index (κ1) is 18.7. The summed E-state index contributed by atoms with van der Waals surface area (Å²) in [7, 11) is 3.87. The zero-order valence-electron chi connectivity index (χ0n) is 14.9. The number of amides is 2. The first-order chi connectivity index (χ1) is 12.0. The van der Waals surface area contributed by atoms with E-state index in [-0.39, 0.29) is 30.3 Å². The molecule has 2 N–H and O–H groups in total. The van der Waals surface area contributed by atoms with Gasteiger partial charge in [0.1, 0.15) is 5.76 Å². The Morgan fingerprint density at radius 3 is 2.40 bits per heavy atom. The zero-order valence-corrected chi connectivity index (χ0v) is 14.9. The second kappa shape index (κ2) is 9.03. The molecule has 0 aliphatic carbocycles. The van der Waals surface area contributed by atoms with Crippen molar-refractivity contribution in [3.63, 3.8) is 0 Å². The summed E-state index contributed by atoms with van der Waals surface area (Å²) in [6.07, 6.45) is 1.80. The lowest BCUT2D eigenvalue weighted by Crippen LogP contribution is -2.37. The van der Waals surface area contributed by atoms with Gasteiger partial charge < -0.3 is 15.1 Å². The van der Waals surface area contributed by atoms with Gasteiger partial charge in [-0.25, -0.2) is 0 Å². The highest BCUT2D eigenvalue weighted by Gasteiger charge is 2.20. The summed E-state index contributed by atoms with van der Waals surface area (Å²) in [6.45, 7) is 1.88. The van der Waals surface area contributed by atoms with Crippen LogP contribution in [0.3, 0.4) is 0 Å². The van der Waals surface area contributed by atoms with Crippen LogP contribution in [0.1, 0.15) is 36.8 Å². The molecule has 25 heavy (non-hydrogen) atoms. The van der Waals surface area contributed by atoms with E-state index in [4.69, 9.17) is 4.42 Å². The van der Waals surface area contributed by atoms with Gasteiger partial charge in [0.2, 0.25) is 11.8 Å². The molecule has 134 valence electrons. The van der Waals surface area contributed by atoms with Crippen LogP contribution in [-0.4, -0.2) is 37.4 Å². The number of rotatable bonds is 8. The van der Waals surface area contributed by atoms with Crippen molar-refractivity contribution in [3.8, 4) is 0 Å². The van der Waals surface area contributed by atoms with Crippen molar-refractivity contribution in [2.45, 2.75) is 25.4 Å². The average molecular weight is 343 g/mol. The highest BCUT2D eigenvalue weighted by molar-refractivity contribution is 5.79. The molecule has 1 heterocycles. The van der Waals surface area contributed by atoms with Crippen molar-refractivity contribution in [1.29, 1.82) is 0 Å². The molecule has 0 saturated carbocycles. The first-order valence-corrected chi connectivity index (χ1v) is 8.26. The minimum atomic E-state index is -0.347. The SMILES string of the molecule is CC(=O)N[C@@H](CC(=O)NC[C@@H](c1ccco1)N(C)C)c1ccccc1. The maximum atomic E-state index is 12.4. The Balaban J connectivity index is 1.97. The summed E-state index contributed by atoms with van der Waals surface area (Å²) in [5.41, 5.74) is 0.906. The summed E-state index contributed by atoms with van der Waals surface area (Å²) < 4.78 is 5.44. The Morgan fingerprint density at radius 1 is 1.12 bits per heavy atom. The van der Waals surface area contributed by atoms with Gasteiger partial charge in [-0.05, 0) is 31.8 Å². The van der Waals surface area contributed by atoms with E-state index in [0.29, 0.717) is 6.54 Å². The Hall–Kier alpha value is -2.60. The highest BCUT2D eigenvalue weighted by atomic mass is 16.3. The van der Waals surface area contributed by atoms with Crippen molar-refractivity contribution in [1.82, 2.24) is 15.5 Å². The molecule has 0 aliphatic rings. The van der Waals surface area contributed by atoms with Gasteiger partial charge in [0.15, 0.2) is 0 Å². The number of furan rings is 1. The molecule has 0 spiro atoms. The van der Waals surface area contributed by atoms with Gasteiger partial charge in [-0.15, -0.1) is 0 Å². The van der Waals surface area contributed by atoms with Gasteiger partial charge in [0, 0.05) is 13.5 Å². The van der Waals surface area contributed by atoms with E-state index in [9.17, 15) is 9.59 Å². The van der Waals surface area contributed by atoms with Crippen LogP contribution in [0.2, 0.25) is 0 Å². The third-order valence-corrected chi connectivity index (χ3v) is 3.96. The van der Waals surface area contributed by atoms with Crippen LogP contribution in [0.5, 0.6) is 0 Å². The maximum absolute atomic E-state index is 12.4. The van der Waals surface area contributed by atoms with Crippen LogP contribution in [0.15, 0.2) is 53.1 Å². The fourth-order valence-electron chi connectivity index (χ4n) is 2.67. The summed E-state index contributed by atoms with van der Waals surface area (Å²) in [5, 5.41) is 5.77. The monoisotopic (exact) mass is 343 g/mol. The summed E-state index contributed by atoms with van der Waals surface area (Å²) in [4.78, 5) is 25.8. The minimum absolute atomic E-state index is 0.0464. The van der Waals surface area contributed by atoms with Crippen LogP contribution < -0.4 is 10.6 Å².